The quantitative estimate of drug-likeness (QED) is 0.511. The summed E-state index contributed by atoms with van der Waals surface area (Å²) in [7, 11) is 0. The normalized spacial score (nSPS) is 12.4. The van der Waals surface area contributed by atoms with E-state index in [9.17, 15) is 9.90 Å². The van der Waals surface area contributed by atoms with Crippen LogP contribution >= 0.6 is 0 Å². The minimum atomic E-state index is -0.541. The summed E-state index contributed by atoms with van der Waals surface area (Å²) in [5.41, 5.74) is 0.862. The van der Waals surface area contributed by atoms with Gasteiger partial charge >= 0.3 is 0 Å². The monoisotopic (exact) mass is 179 g/mol. The van der Waals surface area contributed by atoms with Crippen LogP contribution in [0.25, 0.3) is 0 Å². The first-order valence-electron chi connectivity index (χ1n) is 4.22. The molecule has 1 rings (SSSR count). The van der Waals surface area contributed by atoms with Crippen LogP contribution in [0.2, 0.25) is 0 Å². The van der Waals surface area contributed by atoms with Gasteiger partial charge in [-0.1, -0.05) is 30.3 Å². The molecule has 0 saturated heterocycles. The van der Waals surface area contributed by atoms with Gasteiger partial charge in [-0.15, -0.1) is 0 Å². The number of carbonyl (C=O) groups excluding carboxylic acids is 1. The maximum Gasteiger partial charge on any atom is 0.133 e. The molecule has 0 aliphatic rings. The molecule has 1 unspecified atom stereocenters. The number of nitrogens with one attached hydrogen (secondary N) is 1. The SMILES string of the molecule is O=CCNCC(O)c1ccccc1. The van der Waals surface area contributed by atoms with Gasteiger partial charge in [0.05, 0.1) is 12.6 Å². The molecule has 0 heterocycles. The molecule has 0 bridgehead atoms. The van der Waals surface area contributed by atoms with Crippen LogP contribution in [0, 0.1) is 0 Å². The molecule has 1 aromatic rings. The molecule has 0 aromatic heterocycles. The molecule has 13 heavy (non-hydrogen) atoms. The number of hydrogen-bond acceptors (Lipinski definition) is 3. The topological polar surface area (TPSA) is 49.3 Å². The van der Waals surface area contributed by atoms with Crippen molar-refractivity contribution in [3.8, 4) is 0 Å². The first-order valence-corrected chi connectivity index (χ1v) is 4.22. The zero-order valence-corrected chi connectivity index (χ0v) is 7.31. The van der Waals surface area contributed by atoms with E-state index in [1.807, 2.05) is 30.3 Å². The number of aliphatic hydroxyl groups excluding tert-OH is 1. The average molecular weight is 179 g/mol. The van der Waals surface area contributed by atoms with Gasteiger partial charge in [-0.25, -0.2) is 0 Å². The number of hydrogen-bond donors (Lipinski definition) is 2. The molecule has 1 atom stereocenters. The van der Waals surface area contributed by atoms with E-state index in [1.54, 1.807) is 0 Å². The number of carbonyl (C=O) groups is 1. The largest absolute Gasteiger partial charge is 0.387 e. The Morgan fingerprint density at radius 2 is 2.08 bits per heavy atom. The molecule has 3 nitrogen and oxygen atoms in total. The molecule has 0 amide bonds. The minimum Gasteiger partial charge on any atom is -0.387 e. The molecular weight excluding hydrogens is 166 g/mol. The number of aldehydes is 1. The molecule has 0 radical (unpaired) electrons. The Kier molecular flexibility index (Phi) is 4.15. The Hall–Kier alpha value is -1.19. The second-order valence-corrected chi connectivity index (χ2v) is 2.75. The van der Waals surface area contributed by atoms with Gasteiger partial charge < -0.3 is 15.2 Å². The predicted molar refractivity (Wildman–Crippen MR) is 50.3 cm³/mol. The fourth-order valence-corrected chi connectivity index (χ4v) is 1.07. The summed E-state index contributed by atoms with van der Waals surface area (Å²) in [5.74, 6) is 0. The Morgan fingerprint density at radius 3 is 2.69 bits per heavy atom. The Balaban J connectivity index is 2.39. The third-order valence-corrected chi connectivity index (χ3v) is 1.75. The Labute approximate surface area is 77.4 Å². The van der Waals surface area contributed by atoms with Gasteiger partial charge in [-0.05, 0) is 5.56 Å². The maximum absolute atomic E-state index is 9.98. The van der Waals surface area contributed by atoms with Crippen LogP contribution in [-0.4, -0.2) is 24.5 Å². The smallest absolute Gasteiger partial charge is 0.133 e. The standard InChI is InChI=1S/C10H13NO2/c12-7-6-11-8-10(13)9-4-2-1-3-5-9/h1-5,7,10-11,13H,6,8H2. The highest BCUT2D eigenvalue weighted by molar-refractivity contribution is 5.51. The molecule has 3 heteroatoms. The van der Waals surface area contributed by atoms with Crippen molar-refractivity contribution in [2.75, 3.05) is 13.1 Å². The van der Waals surface area contributed by atoms with E-state index < -0.39 is 6.10 Å². The van der Waals surface area contributed by atoms with Gasteiger partial charge in [0.25, 0.3) is 0 Å². The lowest BCUT2D eigenvalue weighted by Crippen LogP contribution is -2.23. The lowest BCUT2D eigenvalue weighted by atomic mass is 10.1. The van der Waals surface area contributed by atoms with Crippen LogP contribution in [0.3, 0.4) is 0 Å². The predicted octanol–water partition coefficient (Wildman–Crippen LogP) is 0.509. The second kappa shape index (κ2) is 5.45. The zero-order valence-electron chi connectivity index (χ0n) is 7.31. The molecule has 0 spiro atoms. The van der Waals surface area contributed by atoms with Crippen molar-refractivity contribution in [3.05, 3.63) is 35.9 Å². The highest BCUT2D eigenvalue weighted by atomic mass is 16.3. The lowest BCUT2D eigenvalue weighted by molar-refractivity contribution is -0.107. The summed E-state index contributed by atoms with van der Waals surface area (Å²) >= 11 is 0. The number of benzene rings is 1. The summed E-state index contributed by atoms with van der Waals surface area (Å²) in [6.45, 7) is 0.687. The van der Waals surface area contributed by atoms with E-state index in [-0.39, 0.29) is 6.54 Å². The fourth-order valence-electron chi connectivity index (χ4n) is 1.07. The van der Waals surface area contributed by atoms with Crippen LogP contribution < -0.4 is 5.32 Å². The van der Waals surface area contributed by atoms with Crippen molar-refractivity contribution in [3.63, 3.8) is 0 Å². The van der Waals surface area contributed by atoms with Gasteiger partial charge in [-0.3, -0.25) is 0 Å². The van der Waals surface area contributed by atoms with E-state index in [2.05, 4.69) is 5.32 Å². The number of rotatable bonds is 5. The highest BCUT2D eigenvalue weighted by Gasteiger charge is 2.04. The molecule has 2 N–H and O–H groups in total. The molecular formula is C10H13NO2. The highest BCUT2D eigenvalue weighted by Crippen LogP contribution is 2.09. The van der Waals surface area contributed by atoms with Crippen LogP contribution in [0.5, 0.6) is 0 Å². The van der Waals surface area contributed by atoms with E-state index in [0.29, 0.717) is 6.54 Å². The Morgan fingerprint density at radius 1 is 1.38 bits per heavy atom. The summed E-state index contributed by atoms with van der Waals surface area (Å²) in [6, 6.07) is 9.35. The fraction of sp³-hybridized carbons (Fsp3) is 0.300. The van der Waals surface area contributed by atoms with Crippen molar-refractivity contribution in [1.29, 1.82) is 0 Å². The van der Waals surface area contributed by atoms with Crippen LogP contribution in [0.1, 0.15) is 11.7 Å². The zero-order chi connectivity index (χ0) is 9.52. The van der Waals surface area contributed by atoms with Crippen molar-refractivity contribution in [2.45, 2.75) is 6.10 Å². The van der Waals surface area contributed by atoms with Gasteiger partial charge in [-0.2, -0.15) is 0 Å². The molecule has 1 aromatic carbocycles. The summed E-state index contributed by atoms with van der Waals surface area (Å²) < 4.78 is 0. The van der Waals surface area contributed by atoms with Crippen LogP contribution in [-0.2, 0) is 4.79 Å². The first-order chi connectivity index (χ1) is 6.34. The van der Waals surface area contributed by atoms with Gasteiger partial charge in [0.15, 0.2) is 0 Å². The average Bonchev–Trinajstić information content (AvgIpc) is 2.19. The van der Waals surface area contributed by atoms with Crippen molar-refractivity contribution in [2.24, 2.45) is 0 Å². The summed E-state index contributed by atoms with van der Waals surface area (Å²) in [6.07, 6.45) is 0.235. The van der Waals surface area contributed by atoms with Crippen LogP contribution in [0.15, 0.2) is 30.3 Å². The maximum atomic E-state index is 9.98. The second-order valence-electron chi connectivity index (χ2n) is 2.75. The van der Waals surface area contributed by atoms with E-state index in [4.69, 9.17) is 0 Å². The van der Waals surface area contributed by atoms with E-state index >= 15 is 0 Å². The van der Waals surface area contributed by atoms with Gasteiger partial charge in [0.2, 0.25) is 0 Å². The van der Waals surface area contributed by atoms with Crippen molar-refractivity contribution < 1.29 is 9.90 Å². The molecule has 0 aliphatic heterocycles. The van der Waals surface area contributed by atoms with Crippen LogP contribution in [0.4, 0.5) is 0 Å². The molecule has 70 valence electrons. The lowest BCUT2D eigenvalue weighted by Gasteiger charge is -2.10. The van der Waals surface area contributed by atoms with E-state index in [1.165, 1.54) is 0 Å². The summed E-state index contributed by atoms with van der Waals surface area (Å²) in [5, 5.41) is 12.4. The number of aliphatic hydroxyl groups is 1. The van der Waals surface area contributed by atoms with E-state index in [0.717, 1.165) is 11.8 Å². The third kappa shape index (κ3) is 3.36. The minimum absolute atomic E-state index is 0.282. The first kappa shape index (κ1) is 9.89. The van der Waals surface area contributed by atoms with Crippen molar-refractivity contribution >= 4 is 6.29 Å². The summed E-state index contributed by atoms with van der Waals surface area (Å²) in [4.78, 5) is 9.98. The Bertz CT molecular complexity index is 248. The van der Waals surface area contributed by atoms with Gasteiger partial charge in [0.1, 0.15) is 6.29 Å². The molecule has 0 aliphatic carbocycles. The molecule has 0 saturated carbocycles. The molecule has 0 fully saturated rings. The van der Waals surface area contributed by atoms with Crippen molar-refractivity contribution in [1.82, 2.24) is 5.32 Å². The van der Waals surface area contributed by atoms with Gasteiger partial charge in [0, 0.05) is 6.54 Å². The third-order valence-electron chi connectivity index (χ3n) is 1.75.